The molecule has 0 aromatic heterocycles. The van der Waals surface area contributed by atoms with Gasteiger partial charge in [-0.3, -0.25) is 9.59 Å². The van der Waals surface area contributed by atoms with Crippen molar-refractivity contribution < 1.29 is 19.8 Å². The quantitative estimate of drug-likeness (QED) is 0.817. The highest BCUT2D eigenvalue weighted by Gasteiger charge is 3.00. The molecule has 0 amide bonds. The van der Waals surface area contributed by atoms with Crippen LogP contribution in [0.4, 0.5) is 0 Å². The summed E-state index contributed by atoms with van der Waals surface area (Å²) in [6, 6.07) is 0. The van der Waals surface area contributed by atoms with Gasteiger partial charge in [-0.15, -0.1) is 0 Å². The SMILES string of the molecule is O=C(O)C12[C@@H]3C4C5[C@H]1[C@@H]1CCC[C@H]1[C@H]5C2(C(=O)O)[C@H]4[C@H]1CCC[C@@H]13. The number of carboxylic acids is 2. The Morgan fingerprint density at radius 2 is 0.917 bits per heavy atom. The first kappa shape index (κ1) is 13.2. The Morgan fingerprint density at radius 3 is 1.17 bits per heavy atom. The average molecular weight is 328 g/mol. The van der Waals surface area contributed by atoms with E-state index in [1.165, 1.54) is 12.8 Å². The van der Waals surface area contributed by atoms with Crippen molar-refractivity contribution in [3.05, 3.63) is 0 Å². The Labute approximate surface area is 141 Å². The van der Waals surface area contributed by atoms with E-state index < -0.39 is 22.8 Å². The van der Waals surface area contributed by atoms with Crippen LogP contribution in [0, 0.1) is 70.0 Å². The van der Waals surface area contributed by atoms with Gasteiger partial charge >= 0.3 is 11.9 Å². The molecule has 8 saturated carbocycles. The van der Waals surface area contributed by atoms with Crippen molar-refractivity contribution in [1.29, 1.82) is 0 Å². The molecule has 2 N–H and O–H groups in total. The number of hydrogen-bond acceptors (Lipinski definition) is 2. The fourth-order valence-electron chi connectivity index (χ4n) is 11.4. The molecule has 0 aromatic carbocycles. The molecule has 8 aliphatic rings. The summed E-state index contributed by atoms with van der Waals surface area (Å²) in [5, 5.41) is 21.0. The molecule has 128 valence electrons. The van der Waals surface area contributed by atoms with Crippen molar-refractivity contribution in [3.8, 4) is 0 Å². The van der Waals surface area contributed by atoms with Crippen LogP contribution in [0.15, 0.2) is 0 Å². The van der Waals surface area contributed by atoms with Crippen LogP contribution < -0.4 is 0 Å². The summed E-state index contributed by atoms with van der Waals surface area (Å²) in [6.45, 7) is 0. The van der Waals surface area contributed by atoms with E-state index in [1.807, 2.05) is 0 Å². The van der Waals surface area contributed by atoms with Crippen LogP contribution in [0.2, 0.25) is 0 Å². The highest BCUT2D eigenvalue weighted by molar-refractivity contribution is 5.93. The first-order valence-corrected chi connectivity index (χ1v) is 10.1. The number of fused-ring (bicyclic) bond motifs is 2. The summed E-state index contributed by atoms with van der Waals surface area (Å²) in [6.07, 6.45) is 7.01. The Morgan fingerprint density at radius 1 is 0.625 bits per heavy atom. The van der Waals surface area contributed by atoms with E-state index in [1.54, 1.807) is 0 Å². The van der Waals surface area contributed by atoms with Gasteiger partial charge in [-0.25, -0.2) is 0 Å². The summed E-state index contributed by atoms with van der Waals surface area (Å²) in [5.41, 5.74) is -1.80. The lowest BCUT2D eigenvalue weighted by molar-refractivity contribution is -0.204. The van der Waals surface area contributed by atoms with Gasteiger partial charge in [0.25, 0.3) is 0 Å². The van der Waals surface area contributed by atoms with Crippen LogP contribution in [0.3, 0.4) is 0 Å². The van der Waals surface area contributed by atoms with Crippen LogP contribution >= 0.6 is 0 Å². The third kappa shape index (κ3) is 0.834. The molecule has 24 heavy (non-hydrogen) atoms. The monoisotopic (exact) mass is 328 g/mol. The number of carbonyl (C=O) groups is 2. The van der Waals surface area contributed by atoms with E-state index in [-0.39, 0.29) is 23.7 Å². The predicted molar refractivity (Wildman–Crippen MR) is 82.7 cm³/mol. The Hall–Kier alpha value is -1.06. The zero-order valence-electron chi connectivity index (χ0n) is 13.7. The molecule has 8 aliphatic carbocycles. The lowest BCUT2D eigenvalue weighted by atomic mass is 9.44. The van der Waals surface area contributed by atoms with Crippen molar-refractivity contribution in [3.63, 3.8) is 0 Å². The van der Waals surface area contributed by atoms with Gasteiger partial charge in [0.15, 0.2) is 0 Å². The molecular weight excluding hydrogens is 304 g/mol. The highest BCUT2D eigenvalue weighted by Crippen LogP contribution is 2.97. The van der Waals surface area contributed by atoms with E-state index >= 15 is 0 Å². The molecule has 8 bridgehead atoms. The minimum atomic E-state index is -0.902. The van der Waals surface area contributed by atoms with Gasteiger partial charge in [-0.05, 0) is 84.9 Å². The third-order valence-electron chi connectivity index (χ3n) is 10.7. The van der Waals surface area contributed by atoms with Crippen molar-refractivity contribution >= 4 is 11.9 Å². The molecule has 0 saturated heterocycles. The molecule has 8 rings (SSSR count). The molecular formula is C20H24O4. The fourth-order valence-corrected chi connectivity index (χ4v) is 11.4. The lowest BCUT2D eigenvalue weighted by Gasteiger charge is -2.56. The maximum absolute atomic E-state index is 12.8. The highest BCUT2D eigenvalue weighted by atomic mass is 16.4. The van der Waals surface area contributed by atoms with Crippen LogP contribution in [-0.4, -0.2) is 22.2 Å². The van der Waals surface area contributed by atoms with Gasteiger partial charge in [-0.2, -0.15) is 0 Å². The summed E-state index contributed by atoms with van der Waals surface area (Å²) in [5.74, 6) is 2.28. The van der Waals surface area contributed by atoms with Gasteiger partial charge in [0.2, 0.25) is 0 Å². The maximum atomic E-state index is 12.8. The summed E-state index contributed by atoms with van der Waals surface area (Å²) >= 11 is 0. The second-order valence-electron chi connectivity index (χ2n) is 10.1. The smallest absolute Gasteiger partial charge is 0.311 e. The summed E-state index contributed by atoms with van der Waals surface area (Å²) in [4.78, 5) is 25.6. The molecule has 0 aliphatic heterocycles. The van der Waals surface area contributed by atoms with E-state index in [0.29, 0.717) is 35.5 Å². The van der Waals surface area contributed by atoms with Gasteiger partial charge in [0, 0.05) is 0 Å². The van der Waals surface area contributed by atoms with Crippen LogP contribution in [0.5, 0.6) is 0 Å². The molecule has 0 heterocycles. The molecule has 8 fully saturated rings. The minimum absolute atomic E-state index is 0.191. The molecule has 10 atom stereocenters. The molecule has 0 radical (unpaired) electrons. The van der Waals surface area contributed by atoms with Crippen molar-refractivity contribution in [2.24, 2.45) is 70.0 Å². The maximum Gasteiger partial charge on any atom is 0.311 e. The van der Waals surface area contributed by atoms with Crippen LogP contribution in [0.1, 0.15) is 38.5 Å². The molecule has 4 nitrogen and oxygen atoms in total. The molecule has 0 spiro atoms. The van der Waals surface area contributed by atoms with Gasteiger partial charge in [0.05, 0.1) is 10.8 Å². The third-order valence-corrected chi connectivity index (χ3v) is 10.7. The predicted octanol–water partition coefficient (Wildman–Crippen LogP) is 2.73. The van der Waals surface area contributed by atoms with Gasteiger partial charge in [0.1, 0.15) is 0 Å². The lowest BCUT2D eigenvalue weighted by Crippen LogP contribution is -2.64. The minimum Gasteiger partial charge on any atom is -0.481 e. The van der Waals surface area contributed by atoms with E-state index in [0.717, 1.165) is 25.7 Å². The fraction of sp³-hybridized carbons (Fsp3) is 0.900. The van der Waals surface area contributed by atoms with E-state index in [9.17, 15) is 19.8 Å². The van der Waals surface area contributed by atoms with Crippen molar-refractivity contribution in [1.82, 2.24) is 0 Å². The Balaban J connectivity index is 1.56. The van der Waals surface area contributed by atoms with Crippen LogP contribution in [-0.2, 0) is 9.59 Å². The topological polar surface area (TPSA) is 74.6 Å². The zero-order chi connectivity index (χ0) is 16.2. The standard InChI is InChI=1S/C20H24O4/c21-17(22)19-13-7-3-1-4-8(7)14-11(13)12-15(19)9-5-2-6-10(9)16(12)20(14,19)18(23)24/h7-16H,1-6H2,(H,21,22)(H,23,24)/t7-,8-,9+,10+,11?,12?,13-,14-,15+,16+,19?,20?. The molecule has 4 heteroatoms. The van der Waals surface area contributed by atoms with Crippen molar-refractivity contribution in [2.75, 3.05) is 0 Å². The largest absolute Gasteiger partial charge is 0.481 e. The number of aliphatic carboxylic acids is 2. The van der Waals surface area contributed by atoms with E-state index in [2.05, 4.69) is 0 Å². The Kier molecular flexibility index (Phi) is 1.89. The second kappa shape index (κ2) is 3.43. The first-order chi connectivity index (χ1) is 11.6. The normalized spacial score (nSPS) is 68.8. The number of hydrogen-bond donors (Lipinski definition) is 2. The average Bonchev–Trinajstić information content (AvgIpc) is 3.30. The first-order valence-electron chi connectivity index (χ1n) is 10.1. The Bertz CT molecular complexity index is 616. The van der Waals surface area contributed by atoms with Crippen LogP contribution in [0.25, 0.3) is 0 Å². The molecule has 2 unspecified atom stereocenters. The van der Waals surface area contributed by atoms with Crippen molar-refractivity contribution in [2.45, 2.75) is 38.5 Å². The summed E-state index contributed by atoms with van der Waals surface area (Å²) in [7, 11) is 0. The second-order valence-corrected chi connectivity index (χ2v) is 10.1. The number of carboxylic acid groups (broad SMARTS) is 2. The van der Waals surface area contributed by atoms with Gasteiger partial charge in [-0.1, -0.05) is 12.8 Å². The zero-order valence-corrected chi connectivity index (χ0v) is 13.7. The summed E-state index contributed by atoms with van der Waals surface area (Å²) < 4.78 is 0. The van der Waals surface area contributed by atoms with Gasteiger partial charge < -0.3 is 10.2 Å². The number of rotatable bonds is 2. The van der Waals surface area contributed by atoms with E-state index in [4.69, 9.17) is 0 Å². The molecule has 0 aromatic rings.